The molecule has 0 saturated heterocycles. The molecule has 0 fully saturated rings. The largest absolute Gasteiger partial charge is 0.497 e. The first-order valence-electron chi connectivity index (χ1n) is 11.1. The van der Waals surface area contributed by atoms with Gasteiger partial charge in [-0.3, -0.25) is 9.36 Å². The molecule has 1 aromatic heterocycles. The van der Waals surface area contributed by atoms with E-state index in [4.69, 9.17) is 14.2 Å². The fourth-order valence-electron chi connectivity index (χ4n) is 3.29. The van der Waals surface area contributed by atoms with E-state index >= 15 is 0 Å². The van der Waals surface area contributed by atoms with Crippen LogP contribution in [0.3, 0.4) is 0 Å². The van der Waals surface area contributed by atoms with Crippen LogP contribution in [0.1, 0.15) is 50.0 Å². The Balaban J connectivity index is 2.87. The van der Waals surface area contributed by atoms with Crippen LogP contribution < -0.4 is 19.6 Å². The highest BCUT2D eigenvalue weighted by atomic mass is 31.2. The molecule has 0 saturated carbocycles. The lowest BCUT2D eigenvalue weighted by molar-refractivity contribution is 0.0815. The number of carbonyl (C=O) groups is 1. The highest BCUT2D eigenvalue weighted by molar-refractivity contribution is 7.70. The van der Waals surface area contributed by atoms with E-state index in [1.807, 2.05) is 24.3 Å². The van der Waals surface area contributed by atoms with Gasteiger partial charge in [-0.05, 0) is 50.4 Å². The summed E-state index contributed by atoms with van der Waals surface area (Å²) in [5.41, 5.74) is 1.50. The molecule has 1 aromatic carbocycles. The molecule has 1 heterocycles. The van der Waals surface area contributed by atoms with Gasteiger partial charge in [0.05, 0.1) is 20.3 Å². The van der Waals surface area contributed by atoms with Crippen LogP contribution in [0.25, 0.3) is 5.69 Å². The first-order valence-corrected chi connectivity index (χ1v) is 13.7. The number of aromatic nitrogens is 1. The van der Waals surface area contributed by atoms with Crippen LogP contribution in [-0.2, 0) is 4.57 Å². The number of amides is 1. The minimum Gasteiger partial charge on any atom is -0.497 e. The molecule has 0 aliphatic heterocycles. The molecule has 8 heteroatoms. The smallest absolute Gasteiger partial charge is 0.274 e. The Bertz CT molecular complexity index is 944. The molecule has 0 aliphatic carbocycles. The van der Waals surface area contributed by atoms with Crippen molar-refractivity contribution in [1.29, 1.82) is 0 Å². The van der Waals surface area contributed by atoms with Gasteiger partial charge in [0.1, 0.15) is 18.3 Å². The number of unbranched alkanes of at least 4 members (excludes halogenated alkanes) is 2. The number of hydrogen-bond acceptors (Lipinski definition) is 5. The van der Waals surface area contributed by atoms with E-state index in [1.165, 1.54) is 4.90 Å². The summed E-state index contributed by atoms with van der Waals surface area (Å²) in [5.74, 6) is 1.22. The topological polar surface area (TPSA) is 70.0 Å². The third kappa shape index (κ3) is 5.89. The van der Waals surface area contributed by atoms with Gasteiger partial charge in [-0.1, -0.05) is 26.7 Å². The van der Waals surface area contributed by atoms with Crippen LogP contribution in [0.15, 0.2) is 24.3 Å². The van der Waals surface area contributed by atoms with Gasteiger partial charge in [-0.25, -0.2) is 0 Å². The number of benzene rings is 1. The molecule has 0 N–H and O–H groups in total. The number of ether oxygens (including phenoxy) is 3. The predicted octanol–water partition coefficient (Wildman–Crippen LogP) is 4.79. The third-order valence-corrected chi connectivity index (χ3v) is 6.42. The molecule has 0 bridgehead atoms. The Morgan fingerprint density at radius 3 is 1.94 bits per heavy atom. The van der Waals surface area contributed by atoms with Gasteiger partial charge in [0, 0.05) is 19.8 Å². The summed E-state index contributed by atoms with van der Waals surface area (Å²) in [5, 5.41) is 0. The van der Waals surface area contributed by atoms with Crippen molar-refractivity contribution >= 4 is 18.5 Å². The lowest BCUT2D eigenvalue weighted by Gasteiger charge is -2.18. The van der Waals surface area contributed by atoms with Gasteiger partial charge >= 0.3 is 0 Å². The fourth-order valence-corrected chi connectivity index (χ4v) is 4.64. The molecule has 32 heavy (non-hydrogen) atoms. The lowest BCUT2D eigenvalue weighted by atomic mass is 10.2. The summed E-state index contributed by atoms with van der Waals surface area (Å²) >= 11 is 0. The summed E-state index contributed by atoms with van der Waals surface area (Å²) < 4.78 is 32.9. The molecule has 7 nitrogen and oxygen atoms in total. The predicted molar refractivity (Wildman–Crippen MR) is 130 cm³/mol. The van der Waals surface area contributed by atoms with Crippen molar-refractivity contribution in [3.63, 3.8) is 0 Å². The third-order valence-electron chi connectivity index (χ3n) is 5.00. The zero-order valence-electron chi connectivity index (χ0n) is 20.4. The number of hydrogen-bond donors (Lipinski definition) is 0. The van der Waals surface area contributed by atoms with Gasteiger partial charge in [0.15, 0.2) is 17.2 Å². The van der Waals surface area contributed by atoms with Crippen LogP contribution >= 0.6 is 7.14 Å². The fraction of sp³-hybridized carbons (Fsp3) is 0.542. The maximum absolute atomic E-state index is 13.6. The Morgan fingerprint density at radius 2 is 1.50 bits per heavy atom. The van der Waals surface area contributed by atoms with Crippen molar-refractivity contribution in [2.75, 3.05) is 47.7 Å². The van der Waals surface area contributed by atoms with Gasteiger partial charge in [-0.2, -0.15) is 0 Å². The molecular weight excluding hydrogens is 427 g/mol. The number of nitrogens with zero attached hydrogens (tertiary/aromatic N) is 2. The molecule has 0 radical (unpaired) electrons. The van der Waals surface area contributed by atoms with E-state index < -0.39 is 7.14 Å². The van der Waals surface area contributed by atoms with E-state index in [0.29, 0.717) is 47.3 Å². The van der Waals surface area contributed by atoms with E-state index in [2.05, 4.69) is 13.8 Å². The summed E-state index contributed by atoms with van der Waals surface area (Å²) in [6.45, 7) is 8.43. The standard InChI is InChI=1S/C24H37N2O5P/c1-8-10-16-30-21-20(23(27)25(3)4)26(18-12-14-19(29-5)15-13-18)24(32(6,7)28)22(21)31-17-11-9-2/h12-15H,8-11,16-17H2,1-7H3. The van der Waals surface area contributed by atoms with Crippen LogP contribution in [0.2, 0.25) is 0 Å². The van der Waals surface area contributed by atoms with E-state index in [1.54, 1.807) is 39.1 Å². The average molecular weight is 465 g/mol. The van der Waals surface area contributed by atoms with Crippen LogP contribution in [-0.4, -0.2) is 63.1 Å². The van der Waals surface area contributed by atoms with E-state index in [0.717, 1.165) is 25.7 Å². The lowest BCUT2D eigenvalue weighted by Crippen LogP contribution is -2.28. The van der Waals surface area contributed by atoms with Gasteiger partial charge < -0.3 is 23.7 Å². The quantitative estimate of drug-likeness (QED) is 0.334. The van der Waals surface area contributed by atoms with E-state index in [9.17, 15) is 9.36 Å². The molecule has 2 rings (SSSR count). The second kappa shape index (κ2) is 11.5. The summed E-state index contributed by atoms with van der Waals surface area (Å²) in [6, 6.07) is 7.31. The zero-order chi connectivity index (χ0) is 23.9. The summed E-state index contributed by atoms with van der Waals surface area (Å²) in [4.78, 5) is 14.9. The van der Waals surface area contributed by atoms with Crippen molar-refractivity contribution < 1.29 is 23.6 Å². The Kier molecular flexibility index (Phi) is 9.26. The monoisotopic (exact) mass is 464 g/mol. The first kappa shape index (κ1) is 25.9. The van der Waals surface area contributed by atoms with Crippen molar-refractivity contribution in [3.8, 4) is 22.9 Å². The maximum atomic E-state index is 13.6. The van der Waals surface area contributed by atoms with Crippen molar-refractivity contribution in [1.82, 2.24) is 9.47 Å². The van der Waals surface area contributed by atoms with Crippen molar-refractivity contribution in [2.45, 2.75) is 39.5 Å². The Morgan fingerprint density at radius 1 is 0.969 bits per heavy atom. The molecule has 178 valence electrons. The highest BCUT2D eigenvalue weighted by Crippen LogP contribution is 2.47. The number of carbonyl (C=O) groups excluding carboxylic acids is 1. The molecule has 0 unspecified atom stereocenters. The minimum absolute atomic E-state index is 0.243. The molecular formula is C24H37N2O5P. The van der Waals surface area contributed by atoms with Gasteiger partial charge in [0.25, 0.3) is 5.91 Å². The summed E-state index contributed by atoms with van der Waals surface area (Å²) in [7, 11) is 2.10. The number of rotatable bonds is 12. The van der Waals surface area contributed by atoms with Crippen LogP contribution in [0, 0.1) is 0 Å². The van der Waals surface area contributed by atoms with Crippen molar-refractivity contribution in [2.24, 2.45) is 0 Å². The second-order valence-electron chi connectivity index (χ2n) is 8.32. The zero-order valence-corrected chi connectivity index (χ0v) is 21.3. The first-order chi connectivity index (χ1) is 15.2. The second-order valence-corrected chi connectivity index (χ2v) is 11.4. The normalized spacial score (nSPS) is 11.3. The molecule has 0 aliphatic rings. The summed E-state index contributed by atoms with van der Waals surface area (Å²) in [6.07, 6.45) is 3.59. The van der Waals surface area contributed by atoms with E-state index in [-0.39, 0.29) is 5.91 Å². The van der Waals surface area contributed by atoms with Gasteiger partial charge in [0.2, 0.25) is 0 Å². The van der Waals surface area contributed by atoms with Crippen LogP contribution in [0.5, 0.6) is 17.2 Å². The Hall–Kier alpha value is -2.40. The highest BCUT2D eigenvalue weighted by Gasteiger charge is 2.36. The molecule has 0 atom stereocenters. The maximum Gasteiger partial charge on any atom is 0.274 e. The van der Waals surface area contributed by atoms with Crippen molar-refractivity contribution in [3.05, 3.63) is 30.0 Å². The SMILES string of the molecule is CCCCOc1c(OCCCC)c(P(C)(C)=O)n(-c2ccc(OC)cc2)c1C(=O)N(C)C. The minimum atomic E-state index is -2.89. The van der Waals surface area contributed by atoms with Gasteiger partial charge in [-0.15, -0.1) is 0 Å². The average Bonchev–Trinajstić information content (AvgIpc) is 3.08. The molecule has 0 spiro atoms. The Labute approximate surface area is 192 Å². The number of methoxy groups -OCH3 is 1. The van der Waals surface area contributed by atoms with Crippen LogP contribution in [0.4, 0.5) is 0 Å². The molecule has 1 amide bonds. The molecule has 2 aromatic rings.